The van der Waals surface area contributed by atoms with Gasteiger partial charge in [-0.1, -0.05) is 6.92 Å². The number of methoxy groups -OCH3 is 3. The van der Waals surface area contributed by atoms with Gasteiger partial charge < -0.3 is 38.8 Å². The summed E-state index contributed by atoms with van der Waals surface area (Å²) in [5, 5.41) is 3.71. The number of aryl methyl sites for hydroxylation is 1. The first-order valence-corrected chi connectivity index (χ1v) is 21.2. The molecule has 0 saturated carbocycles. The zero-order chi connectivity index (χ0) is 40.8. The summed E-state index contributed by atoms with van der Waals surface area (Å²) >= 11 is 0. The molecule has 0 aliphatic carbocycles. The number of carbonyl (C=O) groups excluding carboxylic acids is 2. The molecule has 1 unspecified atom stereocenters. The minimum absolute atomic E-state index is 0.0196. The zero-order valence-electron chi connectivity index (χ0n) is 33.5. The third-order valence-corrected chi connectivity index (χ3v) is 12.6. The molecule has 2 aromatic carbocycles. The van der Waals surface area contributed by atoms with Crippen LogP contribution in [0.3, 0.4) is 0 Å². The van der Waals surface area contributed by atoms with Gasteiger partial charge in [0.15, 0.2) is 23.0 Å². The molecule has 1 N–H and O–H groups in total. The van der Waals surface area contributed by atoms with Crippen molar-refractivity contribution in [3.8, 4) is 28.7 Å². The van der Waals surface area contributed by atoms with Gasteiger partial charge in [0.25, 0.3) is 5.91 Å². The summed E-state index contributed by atoms with van der Waals surface area (Å²) in [6, 6.07) is 8.42. The summed E-state index contributed by atoms with van der Waals surface area (Å²) in [7, 11) is 0.466. The Bertz CT molecular complexity index is 2240. The Balaban J connectivity index is 1.31. The molecule has 17 heteroatoms. The molecule has 58 heavy (non-hydrogen) atoms. The largest absolute Gasteiger partial charge is 0.493 e. The quantitative estimate of drug-likeness (QED) is 0.281. The standard InChI is InChI=1S/C41H51N7O9S/c1-5-36-42-22-29(23-43-36)41(50)47-13-6-7-15-48(58(51,52)30-11-12-33-34(19-30)57-17-9-16-56-33)25-28-18-31-32(20-35(53-2)39(55-4)38(31)54-3)45-40(28)46-14-8-10-27(24-46)21-44-37(49)26-47/h11-12,18-20,22-23,27H,5-10,13-17,21,24-26H2,1-4H3,(H,44,49). The number of fused-ring (bicyclic) bond motifs is 6. The number of pyridine rings is 1. The van der Waals surface area contributed by atoms with Crippen LogP contribution in [-0.2, 0) is 27.8 Å². The van der Waals surface area contributed by atoms with Gasteiger partial charge in [0, 0.05) is 87.6 Å². The van der Waals surface area contributed by atoms with Crippen LogP contribution in [0.1, 0.15) is 60.8 Å². The maximum absolute atomic E-state index is 14.8. The molecule has 2 amide bonds. The topological polar surface area (TPSA) is 175 Å². The summed E-state index contributed by atoms with van der Waals surface area (Å²) in [6.45, 7) is 4.57. The van der Waals surface area contributed by atoms with E-state index in [2.05, 4.69) is 20.2 Å². The van der Waals surface area contributed by atoms with Crippen LogP contribution in [0.2, 0.25) is 0 Å². The first kappa shape index (κ1) is 40.8. The van der Waals surface area contributed by atoms with Crippen molar-refractivity contribution in [2.45, 2.75) is 56.9 Å². The van der Waals surface area contributed by atoms with E-state index in [-0.39, 0.29) is 54.4 Å². The number of hydrogen-bond acceptors (Lipinski definition) is 13. The molecule has 2 bridgehead atoms. The Morgan fingerprint density at radius 1 is 0.897 bits per heavy atom. The van der Waals surface area contributed by atoms with Crippen LogP contribution in [0.4, 0.5) is 5.82 Å². The summed E-state index contributed by atoms with van der Waals surface area (Å²) in [4.78, 5) is 44.7. The number of hydrogen-bond donors (Lipinski definition) is 1. The molecular weight excluding hydrogens is 767 g/mol. The second-order valence-electron chi connectivity index (χ2n) is 14.6. The lowest BCUT2D eigenvalue weighted by Gasteiger charge is -2.36. The van der Waals surface area contributed by atoms with Crippen molar-refractivity contribution in [2.24, 2.45) is 5.92 Å². The molecule has 3 aliphatic rings. The Hall–Kier alpha value is -5.42. The monoisotopic (exact) mass is 817 g/mol. The van der Waals surface area contributed by atoms with Crippen LogP contribution in [0, 0.1) is 5.92 Å². The van der Waals surface area contributed by atoms with Gasteiger partial charge in [0.1, 0.15) is 11.6 Å². The van der Waals surface area contributed by atoms with E-state index < -0.39 is 10.0 Å². The van der Waals surface area contributed by atoms with Crippen molar-refractivity contribution in [1.29, 1.82) is 0 Å². The average Bonchev–Trinajstić information content (AvgIpc) is 3.50. The molecule has 5 heterocycles. The highest BCUT2D eigenvalue weighted by Gasteiger charge is 2.32. The Kier molecular flexibility index (Phi) is 12.7. The summed E-state index contributed by atoms with van der Waals surface area (Å²) in [5.74, 6) is 2.78. The van der Waals surface area contributed by atoms with Gasteiger partial charge in [0.05, 0.1) is 57.1 Å². The van der Waals surface area contributed by atoms with Gasteiger partial charge in [-0.15, -0.1) is 0 Å². The molecule has 2 aromatic heterocycles. The number of anilines is 1. The summed E-state index contributed by atoms with van der Waals surface area (Å²) in [6.07, 6.45) is 6.75. The number of aromatic nitrogens is 3. The highest BCUT2D eigenvalue weighted by atomic mass is 32.2. The maximum Gasteiger partial charge on any atom is 0.257 e. The first-order valence-electron chi connectivity index (χ1n) is 19.8. The molecule has 0 spiro atoms. The zero-order valence-corrected chi connectivity index (χ0v) is 34.3. The van der Waals surface area contributed by atoms with Crippen molar-refractivity contribution < 1.29 is 41.7 Å². The van der Waals surface area contributed by atoms with Crippen molar-refractivity contribution in [2.75, 3.05) is 78.7 Å². The first-order chi connectivity index (χ1) is 28.1. The van der Waals surface area contributed by atoms with Gasteiger partial charge in [0.2, 0.25) is 21.7 Å². The van der Waals surface area contributed by atoms with Gasteiger partial charge in [-0.05, 0) is 49.8 Å². The number of sulfonamides is 1. The molecule has 16 nitrogen and oxygen atoms in total. The van der Waals surface area contributed by atoms with E-state index in [1.165, 1.54) is 34.8 Å². The number of nitrogens with zero attached hydrogens (tertiary/aromatic N) is 6. The van der Waals surface area contributed by atoms with E-state index >= 15 is 0 Å². The fourth-order valence-electron chi connectivity index (χ4n) is 7.72. The predicted octanol–water partition coefficient (Wildman–Crippen LogP) is 4.23. The normalized spacial score (nSPS) is 18.5. The van der Waals surface area contributed by atoms with E-state index in [1.54, 1.807) is 32.4 Å². The highest BCUT2D eigenvalue weighted by Crippen LogP contribution is 2.45. The molecule has 310 valence electrons. The lowest BCUT2D eigenvalue weighted by Crippen LogP contribution is -2.45. The highest BCUT2D eigenvalue weighted by molar-refractivity contribution is 7.89. The molecule has 1 saturated heterocycles. The van der Waals surface area contributed by atoms with Gasteiger partial charge in [-0.3, -0.25) is 9.59 Å². The Morgan fingerprint density at radius 2 is 1.66 bits per heavy atom. The van der Waals surface area contributed by atoms with Gasteiger partial charge in [-0.2, -0.15) is 4.31 Å². The van der Waals surface area contributed by atoms with Gasteiger partial charge in [-0.25, -0.2) is 23.4 Å². The number of ether oxygens (including phenoxy) is 5. The van der Waals surface area contributed by atoms with Crippen molar-refractivity contribution in [3.63, 3.8) is 0 Å². The molecule has 1 atom stereocenters. The fourth-order valence-corrected chi connectivity index (χ4v) is 9.20. The minimum atomic E-state index is -4.16. The lowest BCUT2D eigenvalue weighted by atomic mass is 9.97. The molecular formula is C41H51N7O9S. The molecule has 0 radical (unpaired) electrons. The van der Waals surface area contributed by atoms with E-state index in [1.807, 2.05) is 13.0 Å². The molecule has 1 fully saturated rings. The van der Waals surface area contributed by atoms with Crippen LogP contribution >= 0.6 is 0 Å². The second-order valence-corrected chi connectivity index (χ2v) is 16.6. The summed E-state index contributed by atoms with van der Waals surface area (Å²) < 4.78 is 60.1. The average molecular weight is 818 g/mol. The predicted molar refractivity (Wildman–Crippen MR) is 216 cm³/mol. The SMILES string of the molecule is CCc1ncc(C(=O)N2CCCCN(S(=O)(=O)c3ccc4c(c3)OCCCO4)Cc3cc4c(OC)c(OC)c(OC)cc4nc3N3CCCC(CNC(=O)C2)C3)cn1. The number of nitrogens with one attached hydrogen (secondary N) is 1. The number of piperidine rings is 1. The van der Waals surface area contributed by atoms with Crippen LogP contribution in [0.15, 0.2) is 47.6 Å². The number of benzene rings is 2. The van der Waals surface area contributed by atoms with Crippen molar-refractivity contribution >= 4 is 38.6 Å². The number of amides is 2. The van der Waals surface area contributed by atoms with E-state index in [0.29, 0.717) is 115 Å². The third-order valence-electron chi connectivity index (χ3n) is 10.8. The minimum Gasteiger partial charge on any atom is -0.493 e. The van der Waals surface area contributed by atoms with E-state index in [9.17, 15) is 18.0 Å². The Labute approximate surface area is 338 Å². The van der Waals surface area contributed by atoms with Crippen molar-refractivity contribution in [1.82, 2.24) is 29.5 Å². The molecule has 4 aromatic rings. The fraction of sp³-hybridized carbons (Fsp3) is 0.488. The van der Waals surface area contributed by atoms with Crippen LogP contribution in [0.5, 0.6) is 28.7 Å². The van der Waals surface area contributed by atoms with Crippen molar-refractivity contribution in [3.05, 3.63) is 59.7 Å². The van der Waals surface area contributed by atoms with Crippen LogP contribution in [0.25, 0.3) is 10.9 Å². The number of carbonyl (C=O) groups is 2. The molecule has 7 rings (SSSR count). The van der Waals surface area contributed by atoms with Crippen LogP contribution in [-0.4, -0.2) is 118 Å². The smallest absolute Gasteiger partial charge is 0.257 e. The van der Waals surface area contributed by atoms with E-state index in [0.717, 1.165) is 12.8 Å². The van der Waals surface area contributed by atoms with Crippen LogP contribution < -0.4 is 33.9 Å². The number of rotatable bonds is 7. The van der Waals surface area contributed by atoms with Gasteiger partial charge >= 0.3 is 0 Å². The Morgan fingerprint density at radius 3 is 2.40 bits per heavy atom. The molecule has 3 aliphatic heterocycles. The summed E-state index contributed by atoms with van der Waals surface area (Å²) in [5.41, 5.74) is 1.54. The second kappa shape index (κ2) is 18.0. The lowest BCUT2D eigenvalue weighted by molar-refractivity contribution is -0.122. The van der Waals surface area contributed by atoms with E-state index in [4.69, 9.17) is 28.7 Å². The third kappa shape index (κ3) is 8.70. The maximum atomic E-state index is 14.8.